The molecule has 1 atom stereocenters. The third kappa shape index (κ3) is 2.75. The third-order valence-corrected chi connectivity index (χ3v) is 3.18. The Balaban J connectivity index is 2.07. The van der Waals surface area contributed by atoms with E-state index in [-0.39, 0.29) is 24.4 Å². The highest BCUT2D eigenvalue weighted by molar-refractivity contribution is 6.00. The number of piperazine rings is 1. The SMILES string of the molecule is CC1C(=O)NC(=O)CN1Cc1ccc(CN)cc1. The summed E-state index contributed by atoms with van der Waals surface area (Å²) < 4.78 is 0. The smallest absolute Gasteiger partial charge is 0.243 e. The van der Waals surface area contributed by atoms with Crippen molar-refractivity contribution in [1.29, 1.82) is 0 Å². The fourth-order valence-electron chi connectivity index (χ4n) is 1.98. The number of rotatable bonds is 3. The highest BCUT2D eigenvalue weighted by Gasteiger charge is 2.29. The molecule has 18 heavy (non-hydrogen) atoms. The number of nitrogens with one attached hydrogen (secondary N) is 1. The molecule has 0 radical (unpaired) electrons. The van der Waals surface area contributed by atoms with Crippen LogP contribution in [0.2, 0.25) is 0 Å². The first-order chi connectivity index (χ1) is 8.60. The molecule has 1 heterocycles. The zero-order chi connectivity index (χ0) is 13.1. The molecule has 1 aromatic carbocycles. The Kier molecular flexibility index (Phi) is 3.74. The molecule has 0 spiro atoms. The minimum absolute atomic E-state index is 0.232. The highest BCUT2D eigenvalue weighted by atomic mass is 16.2. The summed E-state index contributed by atoms with van der Waals surface area (Å²) in [5.41, 5.74) is 7.67. The summed E-state index contributed by atoms with van der Waals surface area (Å²) in [6.45, 7) is 3.16. The second-order valence-electron chi connectivity index (χ2n) is 4.51. The Bertz CT molecular complexity index is 456. The van der Waals surface area contributed by atoms with Crippen LogP contribution in [0.1, 0.15) is 18.1 Å². The molecule has 1 saturated heterocycles. The van der Waals surface area contributed by atoms with Crippen molar-refractivity contribution in [3.63, 3.8) is 0 Å². The maximum atomic E-state index is 11.5. The van der Waals surface area contributed by atoms with Crippen LogP contribution in [-0.2, 0) is 22.7 Å². The lowest BCUT2D eigenvalue weighted by molar-refractivity contribution is -0.139. The van der Waals surface area contributed by atoms with Gasteiger partial charge in [-0.05, 0) is 18.1 Å². The van der Waals surface area contributed by atoms with Crippen LogP contribution in [0.5, 0.6) is 0 Å². The molecule has 0 bridgehead atoms. The van der Waals surface area contributed by atoms with Crippen molar-refractivity contribution in [2.75, 3.05) is 6.54 Å². The Morgan fingerprint density at radius 2 is 1.89 bits per heavy atom. The molecule has 5 nitrogen and oxygen atoms in total. The Morgan fingerprint density at radius 3 is 2.50 bits per heavy atom. The molecule has 5 heteroatoms. The summed E-state index contributed by atoms with van der Waals surface area (Å²) >= 11 is 0. The van der Waals surface area contributed by atoms with Crippen LogP contribution < -0.4 is 11.1 Å². The van der Waals surface area contributed by atoms with Crippen molar-refractivity contribution in [2.45, 2.75) is 26.1 Å². The molecule has 1 aromatic rings. The Hall–Kier alpha value is -1.72. The Labute approximate surface area is 106 Å². The van der Waals surface area contributed by atoms with Crippen molar-refractivity contribution >= 4 is 11.8 Å². The van der Waals surface area contributed by atoms with Gasteiger partial charge in [-0.25, -0.2) is 0 Å². The van der Waals surface area contributed by atoms with Crippen molar-refractivity contribution in [3.05, 3.63) is 35.4 Å². The van der Waals surface area contributed by atoms with Gasteiger partial charge in [-0.3, -0.25) is 19.8 Å². The van der Waals surface area contributed by atoms with Gasteiger partial charge in [0.25, 0.3) is 0 Å². The first-order valence-corrected chi connectivity index (χ1v) is 5.96. The average Bonchev–Trinajstić information content (AvgIpc) is 2.36. The van der Waals surface area contributed by atoms with Crippen molar-refractivity contribution in [1.82, 2.24) is 10.2 Å². The molecule has 2 amide bonds. The van der Waals surface area contributed by atoms with E-state index in [1.807, 2.05) is 29.2 Å². The fourth-order valence-corrected chi connectivity index (χ4v) is 1.98. The van der Waals surface area contributed by atoms with Crippen LogP contribution >= 0.6 is 0 Å². The van der Waals surface area contributed by atoms with Gasteiger partial charge in [0.15, 0.2) is 0 Å². The number of hydrogen-bond acceptors (Lipinski definition) is 4. The van der Waals surface area contributed by atoms with E-state index in [0.717, 1.165) is 11.1 Å². The molecule has 0 aromatic heterocycles. The van der Waals surface area contributed by atoms with Gasteiger partial charge in [0, 0.05) is 13.1 Å². The molecule has 0 aliphatic carbocycles. The Morgan fingerprint density at radius 1 is 1.28 bits per heavy atom. The van der Waals surface area contributed by atoms with Crippen LogP contribution in [0.15, 0.2) is 24.3 Å². The number of carbonyl (C=O) groups is 2. The average molecular weight is 247 g/mol. The molecule has 3 N–H and O–H groups in total. The standard InChI is InChI=1S/C13H17N3O2/c1-9-13(18)15-12(17)8-16(9)7-11-4-2-10(6-14)3-5-11/h2-5,9H,6-8,14H2,1H3,(H,15,17,18). The molecule has 1 aliphatic rings. The topological polar surface area (TPSA) is 75.4 Å². The van der Waals surface area contributed by atoms with E-state index in [2.05, 4.69) is 5.32 Å². The lowest BCUT2D eigenvalue weighted by atomic mass is 10.1. The molecule has 0 saturated carbocycles. The van der Waals surface area contributed by atoms with E-state index in [0.29, 0.717) is 13.1 Å². The minimum atomic E-state index is -0.281. The van der Waals surface area contributed by atoms with Crippen LogP contribution in [0, 0.1) is 0 Å². The number of hydrogen-bond donors (Lipinski definition) is 2. The summed E-state index contributed by atoms with van der Waals surface area (Å²) in [5.74, 6) is -0.471. The lowest BCUT2D eigenvalue weighted by Gasteiger charge is -2.31. The summed E-state index contributed by atoms with van der Waals surface area (Å²) in [7, 11) is 0. The first-order valence-electron chi connectivity index (χ1n) is 5.96. The third-order valence-electron chi connectivity index (χ3n) is 3.18. The van der Waals surface area contributed by atoms with Crippen LogP contribution in [0.4, 0.5) is 0 Å². The van der Waals surface area contributed by atoms with Gasteiger partial charge in [0.2, 0.25) is 11.8 Å². The fraction of sp³-hybridized carbons (Fsp3) is 0.385. The van der Waals surface area contributed by atoms with Gasteiger partial charge >= 0.3 is 0 Å². The van der Waals surface area contributed by atoms with Crippen molar-refractivity contribution in [2.24, 2.45) is 5.73 Å². The van der Waals surface area contributed by atoms with Gasteiger partial charge < -0.3 is 5.73 Å². The van der Waals surface area contributed by atoms with Crippen molar-refractivity contribution in [3.8, 4) is 0 Å². The molecule has 2 rings (SSSR count). The van der Waals surface area contributed by atoms with E-state index in [9.17, 15) is 9.59 Å². The molecule has 1 aliphatic heterocycles. The quantitative estimate of drug-likeness (QED) is 0.737. The minimum Gasteiger partial charge on any atom is -0.326 e. The summed E-state index contributed by atoms with van der Waals surface area (Å²) in [4.78, 5) is 24.7. The predicted octanol–water partition coefficient (Wildman–Crippen LogP) is -0.00780. The van der Waals surface area contributed by atoms with E-state index in [4.69, 9.17) is 5.73 Å². The monoisotopic (exact) mass is 247 g/mol. The summed E-state index contributed by atoms with van der Waals surface area (Å²) in [6, 6.07) is 7.60. The lowest BCUT2D eigenvalue weighted by Crippen LogP contribution is -2.56. The van der Waals surface area contributed by atoms with Gasteiger partial charge in [0.05, 0.1) is 12.6 Å². The zero-order valence-electron chi connectivity index (χ0n) is 10.3. The van der Waals surface area contributed by atoms with Crippen molar-refractivity contribution < 1.29 is 9.59 Å². The van der Waals surface area contributed by atoms with E-state index >= 15 is 0 Å². The van der Waals surface area contributed by atoms with Gasteiger partial charge in [-0.1, -0.05) is 24.3 Å². The van der Waals surface area contributed by atoms with E-state index < -0.39 is 0 Å². The molecule has 1 unspecified atom stereocenters. The largest absolute Gasteiger partial charge is 0.326 e. The van der Waals surface area contributed by atoms with E-state index in [1.165, 1.54) is 0 Å². The molecule has 96 valence electrons. The maximum Gasteiger partial charge on any atom is 0.243 e. The second kappa shape index (κ2) is 5.29. The highest BCUT2D eigenvalue weighted by Crippen LogP contribution is 2.12. The number of imide groups is 1. The van der Waals surface area contributed by atoms with E-state index in [1.54, 1.807) is 6.92 Å². The van der Waals surface area contributed by atoms with Gasteiger partial charge in [0.1, 0.15) is 0 Å². The number of nitrogens with zero attached hydrogens (tertiary/aromatic N) is 1. The maximum absolute atomic E-state index is 11.5. The number of nitrogens with two attached hydrogens (primary N) is 1. The predicted molar refractivity (Wildman–Crippen MR) is 67.4 cm³/mol. The van der Waals surface area contributed by atoms with Crippen LogP contribution in [0.3, 0.4) is 0 Å². The summed E-state index contributed by atoms with van der Waals surface area (Å²) in [5, 5.41) is 2.33. The molecular weight excluding hydrogens is 230 g/mol. The summed E-state index contributed by atoms with van der Waals surface area (Å²) in [6.07, 6.45) is 0. The number of benzene rings is 1. The van der Waals surface area contributed by atoms with Gasteiger partial charge in [-0.2, -0.15) is 0 Å². The number of carbonyl (C=O) groups excluding carboxylic acids is 2. The van der Waals surface area contributed by atoms with Crippen LogP contribution in [-0.4, -0.2) is 29.3 Å². The molecular formula is C13H17N3O2. The number of amides is 2. The normalized spacial score (nSPS) is 20.9. The second-order valence-corrected chi connectivity index (χ2v) is 4.51. The van der Waals surface area contributed by atoms with Gasteiger partial charge in [-0.15, -0.1) is 0 Å². The van der Waals surface area contributed by atoms with Crippen LogP contribution in [0.25, 0.3) is 0 Å². The molecule has 1 fully saturated rings. The zero-order valence-corrected chi connectivity index (χ0v) is 10.3. The first kappa shape index (κ1) is 12.7.